The second kappa shape index (κ2) is 7.85. The van der Waals surface area contributed by atoms with Crippen molar-refractivity contribution >= 4 is 0 Å². The summed E-state index contributed by atoms with van der Waals surface area (Å²) >= 11 is 0. The van der Waals surface area contributed by atoms with Gasteiger partial charge in [0.25, 0.3) is 0 Å². The zero-order valence-corrected chi connectivity index (χ0v) is 8.34. The van der Waals surface area contributed by atoms with Crippen LogP contribution in [0.2, 0.25) is 0 Å². The van der Waals surface area contributed by atoms with Crippen molar-refractivity contribution in [3.8, 4) is 0 Å². The van der Waals surface area contributed by atoms with Gasteiger partial charge >= 0.3 is 0 Å². The van der Waals surface area contributed by atoms with Crippen molar-refractivity contribution in [2.24, 2.45) is 0 Å². The van der Waals surface area contributed by atoms with Gasteiger partial charge < -0.3 is 0 Å². The van der Waals surface area contributed by atoms with Crippen LogP contribution in [0.5, 0.6) is 0 Å². The van der Waals surface area contributed by atoms with Crippen molar-refractivity contribution in [1.29, 1.82) is 0 Å². The summed E-state index contributed by atoms with van der Waals surface area (Å²) in [5.41, 5.74) is 0. The van der Waals surface area contributed by atoms with Crippen LogP contribution in [0, 0.1) is 6.08 Å². The third-order valence-electron chi connectivity index (χ3n) is 2.17. The van der Waals surface area contributed by atoms with Gasteiger partial charge in [0.05, 0.1) is 0 Å². The second-order valence-corrected chi connectivity index (χ2v) is 3.41. The van der Waals surface area contributed by atoms with Crippen molar-refractivity contribution in [2.45, 2.75) is 44.9 Å². The summed E-state index contributed by atoms with van der Waals surface area (Å²) in [4.78, 5) is 0. The number of hydrogen-bond donors (Lipinski definition) is 0. The molecule has 0 atom stereocenters. The quantitative estimate of drug-likeness (QED) is 0.484. The van der Waals surface area contributed by atoms with Gasteiger partial charge in [0.2, 0.25) is 0 Å². The van der Waals surface area contributed by atoms with Crippen molar-refractivity contribution < 1.29 is 0 Å². The van der Waals surface area contributed by atoms with Gasteiger partial charge in [0, 0.05) is 0 Å². The normalized spacial score (nSPS) is 27.7. The highest BCUT2D eigenvalue weighted by Gasteiger charge is 1.84. The van der Waals surface area contributed by atoms with Crippen LogP contribution in [0.4, 0.5) is 0 Å². The third kappa shape index (κ3) is 6.39. The highest BCUT2D eigenvalue weighted by molar-refractivity contribution is 4.91. The average Bonchev–Trinajstić information content (AvgIpc) is 2.18. The van der Waals surface area contributed by atoms with E-state index in [0.717, 1.165) is 12.8 Å². The predicted molar refractivity (Wildman–Crippen MR) is 58.4 cm³/mol. The fourth-order valence-electron chi connectivity index (χ4n) is 1.38. The lowest BCUT2D eigenvalue weighted by molar-refractivity contribution is 0.835. The molecular weight excluding hydrogens is 156 g/mol. The van der Waals surface area contributed by atoms with E-state index < -0.39 is 0 Å². The fraction of sp³-hybridized carbons (Fsp3) is 0.538. The lowest BCUT2D eigenvalue weighted by atomic mass is 10.2. The van der Waals surface area contributed by atoms with Crippen molar-refractivity contribution in [2.75, 3.05) is 0 Å². The van der Waals surface area contributed by atoms with Gasteiger partial charge in [-0.2, -0.15) is 0 Å². The Labute approximate surface area is 82.0 Å². The first-order valence-corrected chi connectivity index (χ1v) is 5.35. The first-order chi connectivity index (χ1) is 6.50. The van der Waals surface area contributed by atoms with E-state index in [4.69, 9.17) is 0 Å². The summed E-state index contributed by atoms with van der Waals surface area (Å²) in [6, 6.07) is 0. The van der Waals surface area contributed by atoms with E-state index in [9.17, 15) is 0 Å². The molecule has 1 aliphatic carbocycles. The van der Waals surface area contributed by atoms with Crippen LogP contribution < -0.4 is 0 Å². The zero-order valence-electron chi connectivity index (χ0n) is 8.34. The van der Waals surface area contributed by atoms with E-state index in [-0.39, 0.29) is 0 Å². The molecular formula is C13H19. The van der Waals surface area contributed by atoms with E-state index in [1.807, 2.05) is 0 Å². The molecule has 0 aromatic rings. The lowest BCUT2D eigenvalue weighted by Crippen LogP contribution is -1.70. The molecule has 0 aliphatic heterocycles. The van der Waals surface area contributed by atoms with Crippen LogP contribution in [0.1, 0.15) is 44.9 Å². The fourth-order valence-corrected chi connectivity index (χ4v) is 1.38. The maximum atomic E-state index is 3.31. The van der Waals surface area contributed by atoms with Crippen molar-refractivity contribution in [1.82, 2.24) is 0 Å². The summed E-state index contributed by atoms with van der Waals surface area (Å²) in [5, 5.41) is 0. The first-order valence-electron chi connectivity index (χ1n) is 5.35. The van der Waals surface area contributed by atoms with Crippen LogP contribution in [0.15, 0.2) is 30.4 Å². The molecule has 0 spiro atoms. The Morgan fingerprint density at radius 1 is 0.769 bits per heavy atom. The number of hydrogen-bond acceptors (Lipinski definition) is 0. The largest absolute Gasteiger partial charge is 0.0885 e. The van der Waals surface area contributed by atoms with Gasteiger partial charge in [-0.15, -0.1) is 0 Å². The van der Waals surface area contributed by atoms with Gasteiger partial charge in [0.15, 0.2) is 0 Å². The standard InChI is InChI=1S/C13H19/c1-2-4-6-8-10-12-13-11-9-7-5-3-1/h1-2,5,10,12H,3-4,6,8-9,11,13H2/b2-1+,7-5?,12-10+. The molecule has 1 radical (unpaired) electrons. The Morgan fingerprint density at radius 3 is 2.31 bits per heavy atom. The summed E-state index contributed by atoms with van der Waals surface area (Å²) in [7, 11) is 0. The van der Waals surface area contributed by atoms with Gasteiger partial charge in [0.1, 0.15) is 0 Å². The summed E-state index contributed by atoms with van der Waals surface area (Å²) < 4.78 is 0. The molecule has 1 rings (SSSR count). The monoisotopic (exact) mass is 175 g/mol. The van der Waals surface area contributed by atoms with Crippen LogP contribution in [-0.2, 0) is 0 Å². The predicted octanol–water partition coefficient (Wildman–Crippen LogP) is 4.20. The molecule has 0 heterocycles. The highest BCUT2D eigenvalue weighted by Crippen LogP contribution is 2.04. The Morgan fingerprint density at radius 2 is 1.46 bits per heavy atom. The third-order valence-corrected chi connectivity index (χ3v) is 2.17. The summed E-state index contributed by atoms with van der Waals surface area (Å²) in [6.07, 6.45) is 23.0. The molecule has 0 amide bonds. The minimum absolute atomic E-state index is 1.06. The van der Waals surface area contributed by atoms with Crippen LogP contribution in [0.3, 0.4) is 0 Å². The van der Waals surface area contributed by atoms with Crippen LogP contribution >= 0.6 is 0 Å². The molecule has 0 aromatic carbocycles. The molecule has 0 saturated carbocycles. The van der Waals surface area contributed by atoms with Gasteiger partial charge in [-0.1, -0.05) is 30.4 Å². The van der Waals surface area contributed by atoms with E-state index in [0.29, 0.717) is 0 Å². The topological polar surface area (TPSA) is 0 Å². The Kier molecular flexibility index (Phi) is 6.22. The van der Waals surface area contributed by atoms with Gasteiger partial charge in [-0.3, -0.25) is 0 Å². The first kappa shape index (κ1) is 10.3. The SMILES string of the molecule is [C]1=C/C/C=C/CCC/C=C/CCC/1. The van der Waals surface area contributed by atoms with Crippen LogP contribution in [-0.4, -0.2) is 0 Å². The van der Waals surface area contributed by atoms with Crippen molar-refractivity contribution in [3.63, 3.8) is 0 Å². The van der Waals surface area contributed by atoms with Gasteiger partial charge in [-0.25, -0.2) is 0 Å². The Balaban J connectivity index is 2.27. The molecule has 1 aliphatic rings. The van der Waals surface area contributed by atoms with Crippen LogP contribution in [0.25, 0.3) is 0 Å². The maximum Gasteiger partial charge on any atom is -0.0163 e. The molecule has 13 heavy (non-hydrogen) atoms. The zero-order chi connectivity index (χ0) is 9.19. The molecule has 0 nitrogen and oxygen atoms in total. The number of allylic oxidation sites excluding steroid dienone is 6. The van der Waals surface area contributed by atoms with E-state index in [1.54, 1.807) is 0 Å². The molecule has 0 heteroatoms. The smallest absolute Gasteiger partial charge is 0.0163 e. The minimum atomic E-state index is 1.06. The lowest BCUT2D eigenvalue weighted by Gasteiger charge is -1.90. The minimum Gasteiger partial charge on any atom is -0.0885 e. The van der Waals surface area contributed by atoms with Crippen molar-refractivity contribution in [3.05, 3.63) is 36.5 Å². The molecule has 0 saturated heterocycles. The number of rotatable bonds is 0. The molecule has 71 valence electrons. The van der Waals surface area contributed by atoms with Gasteiger partial charge in [-0.05, 0) is 51.0 Å². The Hall–Kier alpha value is -0.780. The van der Waals surface area contributed by atoms with E-state index >= 15 is 0 Å². The molecule has 0 fully saturated rings. The highest BCUT2D eigenvalue weighted by atomic mass is 13.9. The van der Waals surface area contributed by atoms with E-state index in [1.165, 1.54) is 32.1 Å². The Bertz CT molecular complexity index is 164. The maximum absolute atomic E-state index is 3.31. The summed E-state index contributed by atoms with van der Waals surface area (Å²) in [6.45, 7) is 0. The summed E-state index contributed by atoms with van der Waals surface area (Å²) in [5.74, 6) is 0. The molecule has 0 N–H and O–H groups in total. The molecule has 0 aromatic heterocycles. The second-order valence-electron chi connectivity index (χ2n) is 3.41. The molecule has 0 bridgehead atoms. The average molecular weight is 175 g/mol. The molecule has 0 unspecified atom stereocenters. The van der Waals surface area contributed by atoms with E-state index in [2.05, 4.69) is 36.5 Å².